The van der Waals surface area contributed by atoms with Gasteiger partial charge in [0, 0.05) is 22.2 Å². The number of hydrogen-bond acceptors (Lipinski definition) is 2. The number of benzene rings is 2. The van der Waals surface area contributed by atoms with Crippen LogP contribution in [0.3, 0.4) is 0 Å². The lowest BCUT2D eigenvalue weighted by Gasteiger charge is -2.13. The van der Waals surface area contributed by atoms with Crippen LogP contribution in [0, 0.1) is 12.8 Å². The van der Waals surface area contributed by atoms with Crippen molar-refractivity contribution in [3.05, 3.63) is 58.6 Å². The van der Waals surface area contributed by atoms with Crippen molar-refractivity contribution >= 4 is 23.2 Å². The molecule has 0 spiro atoms. The number of anilines is 1. The number of carbonyl (C=O) groups excluding carboxylic acids is 1. The second kappa shape index (κ2) is 6.77. The van der Waals surface area contributed by atoms with Gasteiger partial charge in [-0.2, -0.15) is 8.78 Å². The predicted octanol–water partition coefficient (Wildman–Crippen LogP) is 4.99. The smallest absolute Gasteiger partial charge is 0.387 e. The summed E-state index contributed by atoms with van der Waals surface area (Å²) < 4.78 is 29.2. The Balaban J connectivity index is 1.70. The number of nitrogens with one attached hydrogen (secondary N) is 1. The Hall–Kier alpha value is -2.14. The van der Waals surface area contributed by atoms with Gasteiger partial charge < -0.3 is 10.1 Å². The molecule has 0 saturated heterocycles. The molecule has 2 atom stereocenters. The summed E-state index contributed by atoms with van der Waals surface area (Å²) in [6, 6.07) is 12.1. The largest absolute Gasteiger partial charge is 0.434 e. The van der Waals surface area contributed by atoms with Gasteiger partial charge in [-0.05, 0) is 43.0 Å². The zero-order valence-electron chi connectivity index (χ0n) is 12.9. The molecule has 126 valence electrons. The van der Waals surface area contributed by atoms with Gasteiger partial charge in [0.15, 0.2) is 0 Å². The highest BCUT2D eigenvalue weighted by atomic mass is 35.5. The van der Waals surface area contributed by atoms with E-state index in [4.69, 9.17) is 11.6 Å². The minimum absolute atomic E-state index is 0.0567. The van der Waals surface area contributed by atoms with Crippen LogP contribution in [-0.2, 0) is 4.79 Å². The second-order valence-electron chi connectivity index (χ2n) is 5.77. The third kappa shape index (κ3) is 3.51. The molecule has 3 nitrogen and oxygen atoms in total. The Kier molecular flexibility index (Phi) is 4.71. The molecule has 2 unspecified atom stereocenters. The molecule has 1 saturated carbocycles. The van der Waals surface area contributed by atoms with E-state index in [9.17, 15) is 13.6 Å². The van der Waals surface area contributed by atoms with E-state index in [0.29, 0.717) is 16.3 Å². The Morgan fingerprint density at radius 3 is 2.71 bits per heavy atom. The number of alkyl halides is 2. The summed E-state index contributed by atoms with van der Waals surface area (Å²) in [6.07, 6.45) is 0.724. The maximum atomic E-state index is 12.4. The van der Waals surface area contributed by atoms with Gasteiger partial charge in [0.25, 0.3) is 0 Å². The first kappa shape index (κ1) is 16.7. The molecule has 6 heteroatoms. The first-order valence-electron chi connectivity index (χ1n) is 7.57. The van der Waals surface area contributed by atoms with Gasteiger partial charge in [0.05, 0.1) is 0 Å². The van der Waals surface area contributed by atoms with E-state index in [1.54, 1.807) is 25.1 Å². The molecule has 1 aliphatic rings. The van der Waals surface area contributed by atoms with Crippen LogP contribution in [0.2, 0.25) is 5.02 Å². The van der Waals surface area contributed by atoms with Crippen LogP contribution in [-0.4, -0.2) is 12.5 Å². The van der Waals surface area contributed by atoms with Crippen LogP contribution in [0.4, 0.5) is 14.5 Å². The SMILES string of the molecule is Cc1c(NC(=O)C2CC2c2ccccc2Cl)cccc1OC(F)F. The van der Waals surface area contributed by atoms with E-state index in [1.165, 1.54) is 6.07 Å². The number of amides is 1. The van der Waals surface area contributed by atoms with Gasteiger partial charge in [-0.25, -0.2) is 0 Å². The van der Waals surface area contributed by atoms with Crippen LogP contribution in [0.1, 0.15) is 23.5 Å². The molecule has 0 aromatic heterocycles. The minimum atomic E-state index is -2.90. The first-order chi connectivity index (χ1) is 11.5. The van der Waals surface area contributed by atoms with Crippen LogP contribution in [0.5, 0.6) is 5.75 Å². The van der Waals surface area contributed by atoms with Crippen LogP contribution >= 0.6 is 11.6 Å². The van der Waals surface area contributed by atoms with Gasteiger partial charge in [0.1, 0.15) is 5.75 Å². The van der Waals surface area contributed by atoms with Gasteiger partial charge in [0.2, 0.25) is 5.91 Å². The van der Waals surface area contributed by atoms with E-state index >= 15 is 0 Å². The molecule has 2 aromatic carbocycles. The van der Waals surface area contributed by atoms with Crippen molar-refractivity contribution in [3.8, 4) is 5.75 Å². The van der Waals surface area contributed by atoms with E-state index in [-0.39, 0.29) is 23.5 Å². The normalized spacial score (nSPS) is 19.2. The van der Waals surface area contributed by atoms with E-state index in [2.05, 4.69) is 10.1 Å². The lowest BCUT2D eigenvalue weighted by Crippen LogP contribution is -2.16. The fourth-order valence-electron chi connectivity index (χ4n) is 2.80. The summed E-state index contributed by atoms with van der Waals surface area (Å²) in [4.78, 5) is 12.4. The lowest BCUT2D eigenvalue weighted by atomic mass is 10.1. The number of rotatable bonds is 5. The maximum Gasteiger partial charge on any atom is 0.387 e. The number of ether oxygens (including phenoxy) is 1. The van der Waals surface area contributed by atoms with Crippen molar-refractivity contribution in [1.29, 1.82) is 0 Å². The van der Waals surface area contributed by atoms with E-state index < -0.39 is 6.61 Å². The molecule has 1 N–H and O–H groups in total. The number of carbonyl (C=O) groups is 1. The van der Waals surface area contributed by atoms with Crippen molar-refractivity contribution < 1.29 is 18.3 Å². The third-order valence-electron chi connectivity index (χ3n) is 4.19. The fourth-order valence-corrected chi connectivity index (χ4v) is 3.08. The minimum Gasteiger partial charge on any atom is -0.434 e. The summed E-state index contributed by atoms with van der Waals surface area (Å²) in [5.74, 6) is -0.151. The van der Waals surface area contributed by atoms with Crippen LogP contribution in [0.15, 0.2) is 42.5 Å². The molecule has 0 radical (unpaired) electrons. The average Bonchev–Trinajstić information content (AvgIpc) is 3.32. The Morgan fingerprint density at radius 2 is 2.00 bits per heavy atom. The summed E-state index contributed by atoms with van der Waals surface area (Å²) in [5, 5.41) is 3.45. The highest BCUT2D eigenvalue weighted by Gasteiger charge is 2.44. The topological polar surface area (TPSA) is 38.3 Å². The summed E-state index contributed by atoms with van der Waals surface area (Å²) >= 11 is 6.16. The first-order valence-corrected chi connectivity index (χ1v) is 7.95. The molecule has 2 aromatic rings. The molecule has 0 heterocycles. The Morgan fingerprint density at radius 1 is 1.25 bits per heavy atom. The van der Waals surface area contributed by atoms with Crippen molar-refractivity contribution in [2.24, 2.45) is 5.92 Å². The molecule has 24 heavy (non-hydrogen) atoms. The zero-order valence-corrected chi connectivity index (χ0v) is 13.7. The lowest BCUT2D eigenvalue weighted by molar-refractivity contribution is -0.117. The van der Waals surface area contributed by atoms with Gasteiger partial charge in [-0.3, -0.25) is 4.79 Å². The molecule has 0 aliphatic heterocycles. The van der Waals surface area contributed by atoms with E-state index in [1.807, 2.05) is 18.2 Å². The van der Waals surface area contributed by atoms with Crippen LogP contribution in [0.25, 0.3) is 0 Å². The van der Waals surface area contributed by atoms with Crippen molar-refractivity contribution in [1.82, 2.24) is 0 Å². The quantitative estimate of drug-likeness (QED) is 0.824. The summed E-state index contributed by atoms with van der Waals surface area (Å²) in [5.41, 5.74) is 1.91. The zero-order chi connectivity index (χ0) is 17.3. The van der Waals surface area contributed by atoms with Gasteiger partial charge in [-0.1, -0.05) is 35.9 Å². The summed E-state index contributed by atoms with van der Waals surface area (Å²) in [6.45, 7) is -1.27. The number of halogens is 3. The van der Waals surface area contributed by atoms with Crippen molar-refractivity contribution in [2.45, 2.75) is 25.9 Å². The highest BCUT2D eigenvalue weighted by Crippen LogP contribution is 2.50. The van der Waals surface area contributed by atoms with Gasteiger partial charge >= 0.3 is 6.61 Å². The molecule has 3 rings (SSSR count). The molecule has 1 amide bonds. The Labute approximate surface area is 143 Å². The fraction of sp³-hybridized carbons (Fsp3) is 0.278. The number of hydrogen-bond donors (Lipinski definition) is 1. The average molecular weight is 352 g/mol. The van der Waals surface area contributed by atoms with Crippen molar-refractivity contribution in [2.75, 3.05) is 5.32 Å². The maximum absolute atomic E-state index is 12.4. The van der Waals surface area contributed by atoms with E-state index in [0.717, 1.165) is 12.0 Å². The predicted molar refractivity (Wildman–Crippen MR) is 88.7 cm³/mol. The second-order valence-corrected chi connectivity index (χ2v) is 6.17. The summed E-state index contributed by atoms with van der Waals surface area (Å²) in [7, 11) is 0. The molecular formula is C18H16ClF2NO2. The van der Waals surface area contributed by atoms with Crippen LogP contribution < -0.4 is 10.1 Å². The Bertz CT molecular complexity index is 766. The monoisotopic (exact) mass is 351 g/mol. The molecular weight excluding hydrogens is 336 g/mol. The molecule has 0 bridgehead atoms. The standard InChI is InChI=1S/C18H16ClF2NO2/c1-10-15(7-4-8-16(10)24-18(20)21)22-17(23)13-9-12(13)11-5-2-3-6-14(11)19/h2-8,12-13,18H,9H2,1H3,(H,22,23). The molecule has 1 fully saturated rings. The third-order valence-corrected chi connectivity index (χ3v) is 4.53. The van der Waals surface area contributed by atoms with Crippen molar-refractivity contribution in [3.63, 3.8) is 0 Å². The molecule has 1 aliphatic carbocycles. The van der Waals surface area contributed by atoms with Gasteiger partial charge in [-0.15, -0.1) is 0 Å². The highest BCUT2D eigenvalue weighted by molar-refractivity contribution is 6.31.